The second-order valence-electron chi connectivity index (χ2n) is 7.89. The van der Waals surface area contributed by atoms with Gasteiger partial charge in [0.05, 0.1) is 0 Å². The smallest absolute Gasteiger partial charge is 0.00698 e. The van der Waals surface area contributed by atoms with E-state index in [-0.39, 0.29) is 0 Å². The Bertz CT molecular complexity index is 257. The Labute approximate surface area is 120 Å². The van der Waals surface area contributed by atoms with Crippen LogP contribution in [0.2, 0.25) is 0 Å². The summed E-state index contributed by atoms with van der Waals surface area (Å²) >= 11 is 0. The molecule has 0 amide bonds. The van der Waals surface area contributed by atoms with E-state index in [2.05, 4.69) is 33.0 Å². The Kier molecular flexibility index (Phi) is 5.34. The SMILES string of the molecule is CCC(C)(C)C1CCC(N[C@@H](C)C2CCCC2)CC1. The van der Waals surface area contributed by atoms with Gasteiger partial charge in [0.1, 0.15) is 0 Å². The maximum absolute atomic E-state index is 3.95. The molecule has 2 saturated carbocycles. The predicted molar refractivity (Wildman–Crippen MR) is 84.4 cm³/mol. The summed E-state index contributed by atoms with van der Waals surface area (Å²) in [6.45, 7) is 9.71. The largest absolute Gasteiger partial charge is 0.311 e. The lowest BCUT2D eigenvalue weighted by Gasteiger charge is -2.40. The lowest BCUT2D eigenvalue weighted by atomic mass is 9.69. The van der Waals surface area contributed by atoms with Gasteiger partial charge >= 0.3 is 0 Å². The van der Waals surface area contributed by atoms with Crippen molar-refractivity contribution in [2.45, 2.75) is 97.6 Å². The van der Waals surface area contributed by atoms with Crippen LogP contribution in [0.15, 0.2) is 0 Å². The van der Waals surface area contributed by atoms with Crippen LogP contribution in [0.1, 0.15) is 85.5 Å². The van der Waals surface area contributed by atoms with E-state index in [9.17, 15) is 0 Å². The van der Waals surface area contributed by atoms with Crippen molar-refractivity contribution < 1.29 is 0 Å². The van der Waals surface area contributed by atoms with Crippen molar-refractivity contribution in [2.75, 3.05) is 0 Å². The van der Waals surface area contributed by atoms with Crippen LogP contribution in [0, 0.1) is 17.3 Å². The van der Waals surface area contributed by atoms with E-state index >= 15 is 0 Å². The first-order valence-corrected chi connectivity index (χ1v) is 8.79. The van der Waals surface area contributed by atoms with Gasteiger partial charge < -0.3 is 5.32 Å². The zero-order chi connectivity index (χ0) is 13.9. The highest BCUT2D eigenvalue weighted by Gasteiger charge is 2.32. The third kappa shape index (κ3) is 3.97. The summed E-state index contributed by atoms with van der Waals surface area (Å²) < 4.78 is 0. The van der Waals surface area contributed by atoms with Gasteiger partial charge in [0.25, 0.3) is 0 Å². The molecule has 19 heavy (non-hydrogen) atoms. The van der Waals surface area contributed by atoms with E-state index in [1.165, 1.54) is 57.8 Å². The molecule has 2 fully saturated rings. The van der Waals surface area contributed by atoms with Gasteiger partial charge in [-0.2, -0.15) is 0 Å². The first-order valence-electron chi connectivity index (χ1n) is 8.79. The van der Waals surface area contributed by atoms with Crippen LogP contribution < -0.4 is 5.32 Å². The molecule has 2 rings (SSSR count). The Hall–Kier alpha value is -0.0400. The van der Waals surface area contributed by atoms with Crippen molar-refractivity contribution in [3.63, 3.8) is 0 Å². The molecule has 0 spiro atoms. The molecule has 1 heteroatoms. The Balaban J connectivity index is 1.74. The monoisotopic (exact) mass is 265 g/mol. The quantitative estimate of drug-likeness (QED) is 0.725. The van der Waals surface area contributed by atoms with Gasteiger partial charge in [0, 0.05) is 12.1 Å². The van der Waals surface area contributed by atoms with E-state index in [0.29, 0.717) is 5.41 Å². The number of hydrogen-bond acceptors (Lipinski definition) is 1. The fourth-order valence-electron chi connectivity index (χ4n) is 4.30. The molecular weight excluding hydrogens is 230 g/mol. The van der Waals surface area contributed by atoms with Gasteiger partial charge in [-0.15, -0.1) is 0 Å². The average molecular weight is 265 g/mol. The molecule has 1 N–H and O–H groups in total. The molecule has 0 bridgehead atoms. The molecular formula is C18H35N. The molecule has 2 aliphatic rings. The van der Waals surface area contributed by atoms with Crippen LogP contribution in [0.4, 0.5) is 0 Å². The third-order valence-corrected chi connectivity index (χ3v) is 6.35. The molecule has 0 radical (unpaired) electrons. The predicted octanol–water partition coefficient (Wildman–Crippen LogP) is 5.15. The molecule has 0 aromatic heterocycles. The molecule has 0 heterocycles. The Morgan fingerprint density at radius 1 is 1.00 bits per heavy atom. The Morgan fingerprint density at radius 3 is 2.11 bits per heavy atom. The average Bonchev–Trinajstić information content (AvgIpc) is 2.93. The highest BCUT2D eigenvalue weighted by molar-refractivity contribution is 4.87. The number of hydrogen-bond donors (Lipinski definition) is 1. The highest BCUT2D eigenvalue weighted by Crippen LogP contribution is 2.40. The standard InChI is InChI=1S/C18H35N/c1-5-18(3,4)16-10-12-17(13-11-16)19-14(2)15-8-6-7-9-15/h14-17,19H,5-13H2,1-4H3/t14-,16?,17?/m0/s1. The minimum atomic E-state index is 0.558. The molecule has 0 aromatic carbocycles. The van der Waals surface area contributed by atoms with Crippen LogP contribution >= 0.6 is 0 Å². The lowest BCUT2D eigenvalue weighted by Crippen LogP contribution is -2.43. The van der Waals surface area contributed by atoms with Gasteiger partial charge in [-0.25, -0.2) is 0 Å². The van der Waals surface area contributed by atoms with Gasteiger partial charge in [-0.3, -0.25) is 0 Å². The molecule has 2 aliphatic carbocycles. The summed E-state index contributed by atoms with van der Waals surface area (Å²) in [5, 5.41) is 3.95. The van der Waals surface area contributed by atoms with Crippen molar-refractivity contribution in [1.82, 2.24) is 5.32 Å². The summed E-state index contributed by atoms with van der Waals surface area (Å²) in [5.41, 5.74) is 0.558. The maximum atomic E-state index is 3.95. The summed E-state index contributed by atoms with van der Waals surface area (Å²) in [6, 6.07) is 1.56. The van der Waals surface area contributed by atoms with E-state index < -0.39 is 0 Å². The molecule has 0 aromatic rings. The van der Waals surface area contributed by atoms with E-state index in [0.717, 1.165) is 23.9 Å². The van der Waals surface area contributed by atoms with Crippen LogP contribution in [0.5, 0.6) is 0 Å². The van der Waals surface area contributed by atoms with Gasteiger partial charge in [-0.05, 0) is 62.7 Å². The molecule has 0 aliphatic heterocycles. The van der Waals surface area contributed by atoms with E-state index in [1.807, 2.05) is 0 Å². The second-order valence-corrected chi connectivity index (χ2v) is 7.89. The zero-order valence-corrected chi connectivity index (χ0v) is 13.7. The topological polar surface area (TPSA) is 12.0 Å². The molecule has 1 nitrogen and oxygen atoms in total. The minimum Gasteiger partial charge on any atom is -0.311 e. The van der Waals surface area contributed by atoms with Gasteiger partial charge in [-0.1, -0.05) is 40.0 Å². The van der Waals surface area contributed by atoms with Crippen molar-refractivity contribution in [2.24, 2.45) is 17.3 Å². The van der Waals surface area contributed by atoms with Crippen LogP contribution in [-0.4, -0.2) is 12.1 Å². The minimum absolute atomic E-state index is 0.558. The number of nitrogens with one attached hydrogen (secondary N) is 1. The van der Waals surface area contributed by atoms with Crippen molar-refractivity contribution in [1.29, 1.82) is 0 Å². The highest BCUT2D eigenvalue weighted by atomic mass is 15.0. The van der Waals surface area contributed by atoms with Crippen molar-refractivity contribution >= 4 is 0 Å². The number of rotatable bonds is 5. The fraction of sp³-hybridized carbons (Fsp3) is 1.00. The van der Waals surface area contributed by atoms with E-state index in [4.69, 9.17) is 0 Å². The summed E-state index contributed by atoms with van der Waals surface area (Å²) in [4.78, 5) is 0. The first-order chi connectivity index (χ1) is 9.03. The van der Waals surface area contributed by atoms with Crippen LogP contribution in [0.25, 0.3) is 0 Å². The zero-order valence-electron chi connectivity index (χ0n) is 13.7. The van der Waals surface area contributed by atoms with Gasteiger partial charge in [0.15, 0.2) is 0 Å². The van der Waals surface area contributed by atoms with Crippen molar-refractivity contribution in [3.8, 4) is 0 Å². The van der Waals surface area contributed by atoms with E-state index in [1.54, 1.807) is 0 Å². The molecule has 0 unspecified atom stereocenters. The van der Waals surface area contributed by atoms with Gasteiger partial charge in [0.2, 0.25) is 0 Å². The summed E-state index contributed by atoms with van der Waals surface area (Å²) in [6.07, 6.45) is 12.9. The summed E-state index contributed by atoms with van der Waals surface area (Å²) in [5.74, 6) is 1.92. The van der Waals surface area contributed by atoms with Crippen LogP contribution in [0.3, 0.4) is 0 Å². The maximum Gasteiger partial charge on any atom is 0.00698 e. The molecule has 112 valence electrons. The van der Waals surface area contributed by atoms with Crippen LogP contribution in [-0.2, 0) is 0 Å². The fourth-order valence-corrected chi connectivity index (χ4v) is 4.30. The van der Waals surface area contributed by atoms with Crippen molar-refractivity contribution in [3.05, 3.63) is 0 Å². The summed E-state index contributed by atoms with van der Waals surface area (Å²) in [7, 11) is 0. The third-order valence-electron chi connectivity index (χ3n) is 6.35. The molecule has 0 saturated heterocycles. The Morgan fingerprint density at radius 2 is 1.58 bits per heavy atom. The normalized spacial score (nSPS) is 31.6. The molecule has 1 atom stereocenters. The first kappa shape index (κ1) is 15.4. The lowest BCUT2D eigenvalue weighted by molar-refractivity contribution is 0.131. The second kappa shape index (κ2) is 6.61.